The predicted octanol–water partition coefficient (Wildman–Crippen LogP) is 5.38. The minimum atomic E-state index is -1.25. The maximum atomic E-state index is 12.9. The SMILES string of the molecule is CCCCn1ccc(-c2ccc(OCc3ccccc3)cc2OC(C)C)c(C(=O)O)c1=O. The molecule has 0 spiro atoms. The number of benzene rings is 2. The predicted molar refractivity (Wildman–Crippen MR) is 125 cm³/mol. The number of hydrogen-bond donors (Lipinski definition) is 1. The van der Waals surface area contributed by atoms with Gasteiger partial charge in [0.2, 0.25) is 0 Å². The van der Waals surface area contributed by atoms with E-state index >= 15 is 0 Å². The van der Waals surface area contributed by atoms with Crippen LogP contribution in [0.15, 0.2) is 65.6 Å². The van der Waals surface area contributed by atoms with Crippen LogP contribution in [0.5, 0.6) is 11.5 Å². The summed E-state index contributed by atoms with van der Waals surface area (Å²) < 4.78 is 13.3. The molecule has 0 amide bonds. The highest BCUT2D eigenvalue weighted by Gasteiger charge is 2.21. The van der Waals surface area contributed by atoms with Crippen molar-refractivity contribution in [2.75, 3.05) is 0 Å². The standard InChI is InChI=1S/C26H29NO5/c1-4-5-14-27-15-13-22(24(25(27)28)26(29)30)21-12-11-20(16-23(21)32-18(2)3)31-17-19-9-7-6-8-10-19/h6-13,15-16,18H,4-5,14,17H2,1-3H3,(H,29,30). The number of rotatable bonds is 10. The van der Waals surface area contributed by atoms with Gasteiger partial charge in [0, 0.05) is 29.9 Å². The summed E-state index contributed by atoms with van der Waals surface area (Å²) in [5, 5.41) is 9.82. The Morgan fingerprint density at radius 1 is 1.06 bits per heavy atom. The normalized spacial score (nSPS) is 10.9. The quantitative estimate of drug-likeness (QED) is 0.463. The molecular formula is C26H29NO5. The van der Waals surface area contributed by atoms with Gasteiger partial charge in [0.25, 0.3) is 5.56 Å². The van der Waals surface area contributed by atoms with Crippen molar-refractivity contribution in [3.63, 3.8) is 0 Å². The summed E-state index contributed by atoms with van der Waals surface area (Å²) in [5.74, 6) is -0.184. The third kappa shape index (κ3) is 5.58. The largest absolute Gasteiger partial charge is 0.490 e. The van der Waals surface area contributed by atoms with E-state index in [0.717, 1.165) is 18.4 Å². The first-order valence-corrected chi connectivity index (χ1v) is 10.8. The number of carboxylic acids is 1. The first kappa shape index (κ1) is 23.1. The van der Waals surface area contributed by atoms with Crippen LogP contribution in [0.25, 0.3) is 11.1 Å². The Bertz CT molecular complexity index is 1120. The van der Waals surface area contributed by atoms with Crippen LogP contribution in [-0.2, 0) is 13.2 Å². The molecule has 0 saturated heterocycles. The van der Waals surface area contributed by atoms with Crippen LogP contribution >= 0.6 is 0 Å². The van der Waals surface area contributed by atoms with Gasteiger partial charge in [0.1, 0.15) is 23.7 Å². The van der Waals surface area contributed by atoms with Crippen molar-refractivity contribution in [1.82, 2.24) is 4.57 Å². The average Bonchev–Trinajstić information content (AvgIpc) is 2.77. The van der Waals surface area contributed by atoms with Crippen molar-refractivity contribution >= 4 is 5.97 Å². The Morgan fingerprint density at radius 3 is 2.47 bits per heavy atom. The molecule has 0 fully saturated rings. The summed E-state index contributed by atoms with van der Waals surface area (Å²) in [7, 11) is 0. The zero-order chi connectivity index (χ0) is 23.1. The van der Waals surface area contributed by atoms with E-state index in [-0.39, 0.29) is 11.7 Å². The van der Waals surface area contributed by atoms with E-state index in [2.05, 4.69) is 0 Å². The van der Waals surface area contributed by atoms with Crippen LogP contribution in [0, 0.1) is 0 Å². The Kier molecular flexibility index (Phi) is 7.71. The van der Waals surface area contributed by atoms with E-state index in [1.165, 1.54) is 4.57 Å². The topological polar surface area (TPSA) is 77.8 Å². The molecule has 3 rings (SSSR count). The van der Waals surface area contributed by atoms with Gasteiger partial charge in [-0.1, -0.05) is 43.7 Å². The number of aromatic nitrogens is 1. The molecule has 0 atom stereocenters. The summed E-state index contributed by atoms with van der Waals surface area (Å²) in [6, 6.07) is 16.7. The minimum absolute atomic E-state index is 0.142. The number of nitrogens with zero attached hydrogens (tertiary/aromatic N) is 1. The van der Waals surface area contributed by atoms with Crippen LogP contribution < -0.4 is 15.0 Å². The Hall–Kier alpha value is -3.54. The molecule has 0 bridgehead atoms. The number of ether oxygens (including phenoxy) is 2. The van der Waals surface area contributed by atoms with E-state index in [1.54, 1.807) is 30.5 Å². The van der Waals surface area contributed by atoms with E-state index in [9.17, 15) is 14.7 Å². The number of hydrogen-bond acceptors (Lipinski definition) is 4. The zero-order valence-corrected chi connectivity index (χ0v) is 18.7. The number of carboxylic acid groups (broad SMARTS) is 1. The van der Waals surface area contributed by atoms with Crippen molar-refractivity contribution in [2.45, 2.75) is 52.9 Å². The summed E-state index contributed by atoms with van der Waals surface area (Å²) in [6.45, 7) is 6.69. The van der Waals surface area contributed by atoms with Crippen molar-refractivity contribution in [3.05, 3.63) is 82.3 Å². The smallest absolute Gasteiger partial charge is 0.341 e. The molecule has 0 aliphatic heterocycles. The molecular weight excluding hydrogens is 406 g/mol. The van der Waals surface area contributed by atoms with Gasteiger partial charge in [-0.2, -0.15) is 0 Å². The Balaban J connectivity index is 2.01. The summed E-state index contributed by atoms with van der Waals surface area (Å²) in [6.07, 6.45) is 3.22. The molecule has 168 valence electrons. The van der Waals surface area contributed by atoms with Crippen molar-refractivity contribution in [1.29, 1.82) is 0 Å². The van der Waals surface area contributed by atoms with E-state index in [4.69, 9.17) is 9.47 Å². The minimum Gasteiger partial charge on any atom is -0.490 e. The fourth-order valence-corrected chi connectivity index (χ4v) is 3.42. The molecule has 2 aromatic carbocycles. The first-order chi connectivity index (χ1) is 15.4. The van der Waals surface area contributed by atoms with Crippen molar-refractivity contribution in [3.8, 4) is 22.6 Å². The van der Waals surface area contributed by atoms with Gasteiger partial charge in [0.15, 0.2) is 0 Å². The molecule has 1 aromatic heterocycles. The van der Waals surface area contributed by atoms with Gasteiger partial charge >= 0.3 is 5.97 Å². The number of aromatic carboxylic acids is 1. The second kappa shape index (κ2) is 10.7. The number of carbonyl (C=O) groups is 1. The number of pyridine rings is 1. The van der Waals surface area contributed by atoms with Crippen LogP contribution in [0.3, 0.4) is 0 Å². The molecule has 6 nitrogen and oxygen atoms in total. The van der Waals surface area contributed by atoms with E-state index < -0.39 is 11.5 Å². The number of aryl methyl sites for hydroxylation is 1. The monoisotopic (exact) mass is 435 g/mol. The Morgan fingerprint density at radius 2 is 1.81 bits per heavy atom. The Labute approximate surface area is 188 Å². The third-order valence-corrected chi connectivity index (χ3v) is 4.99. The van der Waals surface area contributed by atoms with Gasteiger partial charge in [-0.3, -0.25) is 4.79 Å². The van der Waals surface area contributed by atoms with E-state index in [1.807, 2.05) is 51.1 Å². The highest BCUT2D eigenvalue weighted by molar-refractivity contribution is 5.96. The number of unbranched alkanes of at least 4 members (excludes halogenated alkanes) is 1. The molecule has 1 N–H and O–H groups in total. The summed E-state index contributed by atoms with van der Waals surface area (Å²) in [5.41, 5.74) is 1.15. The molecule has 3 aromatic rings. The maximum absolute atomic E-state index is 12.9. The molecule has 0 unspecified atom stereocenters. The van der Waals surface area contributed by atoms with E-state index in [0.29, 0.717) is 35.8 Å². The molecule has 0 aliphatic rings. The van der Waals surface area contributed by atoms with Crippen molar-refractivity contribution in [2.24, 2.45) is 0 Å². The highest BCUT2D eigenvalue weighted by atomic mass is 16.5. The van der Waals surface area contributed by atoms with Gasteiger partial charge in [-0.05, 0) is 44.0 Å². The first-order valence-electron chi connectivity index (χ1n) is 10.8. The fourth-order valence-electron chi connectivity index (χ4n) is 3.42. The third-order valence-electron chi connectivity index (χ3n) is 4.99. The molecule has 0 radical (unpaired) electrons. The zero-order valence-electron chi connectivity index (χ0n) is 18.7. The average molecular weight is 436 g/mol. The fraction of sp³-hybridized carbons (Fsp3) is 0.308. The van der Waals surface area contributed by atoms with Gasteiger partial charge in [-0.25, -0.2) is 4.79 Å². The maximum Gasteiger partial charge on any atom is 0.341 e. The summed E-state index contributed by atoms with van der Waals surface area (Å²) >= 11 is 0. The van der Waals surface area contributed by atoms with Crippen LogP contribution in [0.1, 0.15) is 49.5 Å². The molecule has 1 heterocycles. The lowest BCUT2D eigenvalue weighted by atomic mass is 10.00. The lowest BCUT2D eigenvalue weighted by Crippen LogP contribution is -2.27. The lowest BCUT2D eigenvalue weighted by Gasteiger charge is -2.18. The summed E-state index contributed by atoms with van der Waals surface area (Å²) in [4.78, 5) is 24.9. The molecule has 6 heteroatoms. The lowest BCUT2D eigenvalue weighted by molar-refractivity contribution is 0.0695. The van der Waals surface area contributed by atoms with Crippen LogP contribution in [0.2, 0.25) is 0 Å². The molecule has 32 heavy (non-hydrogen) atoms. The molecule has 0 aliphatic carbocycles. The molecule has 0 saturated carbocycles. The van der Waals surface area contributed by atoms with Crippen LogP contribution in [0.4, 0.5) is 0 Å². The van der Waals surface area contributed by atoms with Crippen LogP contribution in [-0.4, -0.2) is 21.7 Å². The van der Waals surface area contributed by atoms with Gasteiger partial charge < -0.3 is 19.1 Å². The second-order valence-electron chi connectivity index (χ2n) is 7.86. The van der Waals surface area contributed by atoms with Gasteiger partial charge in [0.05, 0.1) is 6.10 Å². The highest BCUT2D eigenvalue weighted by Crippen LogP contribution is 2.35. The van der Waals surface area contributed by atoms with Gasteiger partial charge in [-0.15, -0.1) is 0 Å². The van der Waals surface area contributed by atoms with Crippen molar-refractivity contribution < 1.29 is 19.4 Å². The second-order valence-corrected chi connectivity index (χ2v) is 7.86.